The molecule has 0 aliphatic rings. The van der Waals surface area contributed by atoms with Crippen molar-refractivity contribution in [3.8, 4) is 5.75 Å². The third-order valence-corrected chi connectivity index (χ3v) is 4.83. The Morgan fingerprint density at radius 1 is 1.25 bits per heavy atom. The van der Waals surface area contributed by atoms with Gasteiger partial charge in [-0.15, -0.1) is 0 Å². The Hall–Kier alpha value is -2.86. The minimum absolute atomic E-state index is 0.0318. The maximum atomic E-state index is 13.9. The van der Waals surface area contributed by atoms with Gasteiger partial charge in [-0.05, 0) is 42.3 Å². The predicted molar refractivity (Wildman–Crippen MR) is 109 cm³/mol. The lowest BCUT2D eigenvalue weighted by Crippen LogP contribution is -2.37. The lowest BCUT2D eigenvalue weighted by atomic mass is 10.1. The van der Waals surface area contributed by atoms with Gasteiger partial charge in [0.25, 0.3) is 0 Å². The summed E-state index contributed by atoms with van der Waals surface area (Å²) >= 11 is 0. The molecule has 1 aromatic heterocycles. The number of H-pyrrole nitrogens is 1. The summed E-state index contributed by atoms with van der Waals surface area (Å²) in [5, 5.41) is 4.17. The first-order chi connectivity index (χ1) is 13.6. The van der Waals surface area contributed by atoms with E-state index in [0.29, 0.717) is 19.6 Å². The number of likely N-dealkylation sites (N-methyl/N-ethyl adjacent to an activating group) is 1. The maximum Gasteiger partial charge on any atom is 0.234 e. The van der Waals surface area contributed by atoms with Crippen molar-refractivity contribution in [1.82, 2.24) is 15.2 Å². The van der Waals surface area contributed by atoms with Gasteiger partial charge in [-0.1, -0.05) is 31.2 Å². The number of aromatic nitrogens is 1. The number of carbonyl (C=O) groups is 1. The third-order valence-electron chi connectivity index (χ3n) is 4.83. The Morgan fingerprint density at radius 2 is 2.07 bits per heavy atom. The number of hydrogen-bond acceptors (Lipinski definition) is 3. The Morgan fingerprint density at radius 3 is 2.82 bits per heavy atom. The summed E-state index contributed by atoms with van der Waals surface area (Å²) in [7, 11) is 1.44. The number of fused-ring (bicyclic) bond motifs is 1. The number of methoxy groups -OCH3 is 1. The average molecular weight is 383 g/mol. The van der Waals surface area contributed by atoms with Gasteiger partial charge in [0.1, 0.15) is 0 Å². The molecule has 3 rings (SSSR count). The van der Waals surface area contributed by atoms with Crippen LogP contribution in [-0.4, -0.2) is 42.5 Å². The fourth-order valence-corrected chi connectivity index (χ4v) is 3.28. The minimum atomic E-state index is -0.390. The number of aromatic amines is 1. The minimum Gasteiger partial charge on any atom is -0.494 e. The van der Waals surface area contributed by atoms with E-state index < -0.39 is 0 Å². The van der Waals surface area contributed by atoms with E-state index in [4.69, 9.17) is 4.74 Å². The maximum absolute atomic E-state index is 13.9. The van der Waals surface area contributed by atoms with E-state index in [1.165, 1.54) is 24.1 Å². The van der Waals surface area contributed by atoms with Gasteiger partial charge >= 0.3 is 0 Å². The summed E-state index contributed by atoms with van der Waals surface area (Å²) in [6, 6.07) is 13.0. The number of nitrogens with zero attached hydrogens (tertiary/aromatic N) is 1. The number of rotatable bonds is 9. The number of para-hydroxylation sites is 1. The summed E-state index contributed by atoms with van der Waals surface area (Å²) in [4.78, 5) is 17.5. The summed E-state index contributed by atoms with van der Waals surface area (Å²) in [6.07, 6.45) is 2.76. The van der Waals surface area contributed by atoms with E-state index in [1.54, 1.807) is 6.07 Å². The van der Waals surface area contributed by atoms with Gasteiger partial charge < -0.3 is 15.0 Å². The lowest BCUT2D eigenvalue weighted by molar-refractivity contribution is -0.122. The van der Waals surface area contributed by atoms with Crippen molar-refractivity contribution in [3.63, 3.8) is 0 Å². The molecule has 0 aliphatic heterocycles. The molecule has 0 fully saturated rings. The molecule has 0 radical (unpaired) electrons. The van der Waals surface area contributed by atoms with E-state index in [2.05, 4.69) is 16.4 Å². The Labute approximate surface area is 164 Å². The van der Waals surface area contributed by atoms with E-state index in [9.17, 15) is 9.18 Å². The lowest BCUT2D eigenvalue weighted by Gasteiger charge is -2.20. The van der Waals surface area contributed by atoms with Crippen LogP contribution in [-0.2, 0) is 17.8 Å². The van der Waals surface area contributed by atoms with Crippen molar-refractivity contribution in [2.75, 3.05) is 26.7 Å². The van der Waals surface area contributed by atoms with Crippen LogP contribution in [0.1, 0.15) is 18.1 Å². The quantitative estimate of drug-likeness (QED) is 0.595. The molecule has 0 saturated heterocycles. The van der Waals surface area contributed by atoms with Crippen LogP contribution >= 0.6 is 0 Å². The highest BCUT2D eigenvalue weighted by molar-refractivity contribution is 5.83. The molecule has 28 heavy (non-hydrogen) atoms. The number of carbonyl (C=O) groups excluding carboxylic acids is 1. The molecule has 2 N–H and O–H groups in total. The standard InChI is InChI=1S/C22H26FN3O2/c1-3-26(14-16-8-9-21(28-2)19(23)12-16)15-22(27)24-11-10-17-13-25-20-7-5-4-6-18(17)20/h4-9,12-13,25H,3,10-11,14-15H2,1-2H3,(H,24,27). The summed E-state index contributed by atoms with van der Waals surface area (Å²) in [6.45, 7) is 4.04. The number of nitrogens with one attached hydrogen (secondary N) is 2. The number of ether oxygens (including phenoxy) is 1. The van der Waals surface area contributed by atoms with E-state index in [1.807, 2.05) is 42.3 Å². The highest BCUT2D eigenvalue weighted by Crippen LogP contribution is 2.19. The zero-order valence-electron chi connectivity index (χ0n) is 16.3. The normalized spacial score (nSPS) is 11.1. The Balaban J connectivity index is 1.49. The second kappa shape index (κ2) is 9.37. The van der Waals surface area contributed by atoms with Crippen molar-refractivity contribution in [3.05, 3.63) is 65.6 Å². The molecule has 0 saturated carbocycles. The highest BCUT2D eigenvalue weighted by Gasteiger charge is 2.12. The zero-order valence-corrected chi connectivity index (χ0v) is 16.3. The molecule has 0 unspecified atom stereocenters. The fourth-order valence-electron chi connectivity index (χ4n) is 3.28. The second-order valence-corrected chi connectivity index (χ2v) is 6.73. The van der Waals surface area contributed by atoms with Gasteiger partial charge in [-0.3, -0.25) is 9.69 Å². The molecule has 1 heterocycles. The molecule has 148 valence electrons. The van der Waals surface area contributed by atoms with Crippen LogP contribution in [0.25, 0.3) is 10.9 Å². The van der Waals surface area contributed by atoms with Gasteiger partial charge in [-0.25, -0.2) is 4.39 Å². The SMILES string of the molecule is CCN(CC(=O)NCCc1c[nH]c2ccccc12)Cc1ccc(OC)c(F)c1. The van der Waals surface area contributed by atoms with Crippen molar-refractivity contribution >= 4 is 16.8 Å². The zero-order chi connectivity index (χ0) is 19.9. The topological polar surface area (TPSA) is 57.4 Å². The van der Waals surface area contributed by atoms with Crippen molar-refractivity contribution in [2.45, 2.75) is 19.9 Å². The molecule has 0 atom stereocenters. The van der Waals surface area contributed by atoms with E-state index in [-0.39, 0.29) is 24.0 Å². The van der Waals surface area contributed by atoms with E-state index in [0.717, 1.165) is 17.5 Å². The highest BCUT2D eigenvalue weighted by atomic mass is 19.1. The third kappa shape index (κ3) is 4.89. The van der Waals surface area contributed by atoms with Crippen LogP contribution in [0.5, 0.6) is 5.75 Å². The molecule has 1 amide bonds. The number of hydrogen-bond donors (Lipinski definition) is 2. The van der Waals surface area contributed by atoms with Crippen LogP contribution in [0, 0.1) is 5.82 Å². The summed E-state index contributed by atoms with van der Waals surface area (Å²) in [5.41, 5.74) is 3.11. The van der Waals surface area contributed by atoms with Crippen LogP contribution < -0.4 is 10.1 Å². The van der Waals surface area contributed by atoms with Crippen LogP contribution in [0.15, 0.2) is 48.7 Å². The molecule has 3 aromatic rings. The second-order valence-electron chi connectivity index (χ2n) is 6.73. The smallest absolute Gasteiger partial charge is 0.234 e. The Kier molecular flexibility index (Phi) is 6.66. The number of amides is 1. The van der Waals surface area contributed by atoms with Crippen LogP contribution in [0.2, 0.25) is 0 Å². The molecule has 0 spiro atoms. The molecule has 5 nitrogen and oxygen atoms in total. The van der Waals surface area contributed by atoms with Crippen LogP contribution in [0.4, 0.5) is 4.39 Å². The monoisotopic (exact) mass is 383 g/mol. The van der Waals surface area contributed by atoms with Crippen LogP contribution in [0.3, 0.4) is 0 Å². The van der Waals surface area contributed by atoms with Gasteiger partial charge in [0, 0.05) is 30.2 Å². The molecular formula is C22H26FN3O2. The fraction of sp³-hybridized carbons (Fsp3) is 0.318. The van der Waals surface area contributed by atoms with Crippen molar-refractivity contribution < 1.29 is 13.9 Å². The first-order valence-electron chi connectivity index (χ1n) is 9.47. The largest absolute Gasteiger partial charge is 0.494 e. The van der Waals surface area contributed by atoms with Crippen molar-refractivity contribution in [1.29, 1.82) is 0 Å². The van der Waals surface area contributed by atoms with Gasteiger partial charge in [-0.2, -0.15) is 0 Å². The first-order valence-corrected chi connectivity index (χ1v) is 9.47. The average Bonchev–Trinajstić information content (AvgIpc) is 3.11. The van der Waals surface area contributed by atoms with E-state index >= 15 is 0 Å². The number of halogens is 1. The number of benzene rings is 2. The van der Waals surface area contributed by atoms with Gasteiger partial charge in [0.05, 0.1) is 13.7 Å². The Bertz CT molecular complexity index is 938. The first kappa shape index (κ1) is 19.9. The molecule has 0 bridgehead atoms. The molecule has 0 aliphatic carbocycles. The molecular weight excluding hydrogens is 357 g/mol. The summed E-state index contributed by atoms with van der Waals surface area (Å²) < 4.78 is 18.8. The van der Waals surface area contributed by atoms with Crippen molar-refractivity contribution in [2.24, 2.45) is 0 Å². The summed E-state index contributed by atoms with van der Waals surface area (Å²) in [5.74, 6) is -0.197. The molecule has 6 heteroatoms. The van der Waals surface area contributed by atoms with Gasteiger partial charge in [0.2, 0.25) is 5.91 Å². The van der Waals surface area contributed by atoms with Gasteiger partial charge in [0.15, 0.2) is 11.6 Å². The predicted octanol–water partition coefficient (Wildman–Crippen LogP) is 3.50. The molecule has 2 aromatic carbocycles.